The van der Waals surface area contributed by atoms with Crippen molar-refractivity contribution in [2.45, 2.75) is 127 Å². The van der Waals surface area contributed by atoms with Crippen LogP contribution in [0, 0.1) is 27.7 Å². The Labute approximate surface area is 719 Å². The summed E-state index contributed by atoms with van der Waals surface area (Å²) < 4.78 is 34.6. The Kier molecular flexibility index (Phi) is 19.1. The zero-order valence-electron chi connectivity index (χ0n) is 70.6. The van der Waals surface area contributed by atoms with Gasteiger partial charge in [-0.25, -0.2) is 28.2 Å². The molecule has 20 aromatic rings. The van der Waals surface area contributed by atoms with Gasteiger partial charge in [-0.05, 0) is 167 Å². The van der Waals surface area contributed by atoms with Gasteiger partial charge in [0.2, 0.25) is 34.2 Å². The van der Waals surface area contributed by atoms with Crippen LogP contribution in [0.15, 0.2) is 285 Å². The van der Waals surface area contributed by atoms with Crippen molar-refractivity contribution in [1.29, 1.82) is 0 Å². The molecule has 0 aliphatic heterocycles. The minimum absolute atomic E-state index is 0. The monoisotopic (exact) mass is 1610 g/mol. The molecule has 0 N–H and O–H groups in total. The zero-order chi connectivity index (χ0) is 82.5. The Morgan fingerprint density at radius 3 is 1.07 bits per heavy atom. The molecule has 12 nitrogen and oxygen atoms in total. The lowest BCUT2D eigenvalue weighted by Crippen LogP contribution is -2.30. The lowest BCUT2D eigenvalue weighted by atomic mass is 9.82. The highest BCUT2D eigenvalue weighted by Crippen LogP contribution is 2.56. The summed E-state index contributed by atoms with van der Waals surface area (Å²) in [7, 11) is 8.31. The third kappa shape index (κ3) is 12.0. The van der Waals surface area contributed by atoms with E-state index in [4.69, 9.17) is 37.6 Å². The second-order valence-corrected chi connectivity index (χ2v) is 35.4. The number of furan rings is 4. The van der Waals surface area contributed by atoms with E-state index < -0.39 is 0 Å². The summed E-state index contributed by atoms with van der Waals surface area (Å²) in [6.45, 7) is 26.7. The molecular weight excluding hydrogens is 1510 g/mol. The fourth-order valence-electron chi connectivity index (χ4n) is 20.2. The van der Waals surface area contributed by atoms with Gasteiger partial charge < -0.3 is 17.7 Å². The molecule has 12 aromatic heterocycles. The molecule has 12 heteroatoms. The maximum absolute atomic E-state index is 6.56. The first kappa shape index (κ1) is 80.2. The van der Waals surface area contributed by atoms with Crippen LogP contribution >= 0.6 is 0 Å². The van der Waals surface area contributed by atoms with Gasteiger partial charge in [-0.2, -0.15) is 0 Å². The van der Waals surface area contributed by atoms with Crippen molar-refractivity contribution in [3.63, 3.8) is 0 Å². The molecule has 4 aliphatic rings. The molecule has 0 spiro atoms. The molecule has 24 rings (SSSR count). The van der Waals surface area contributed by atoms with Crippen LogP contribution in [0.5, 0.6) is 0 Å². The molecule has 0 saturated heterocycles. The Bertz CT molecular complexity index is 7220. The highest BCUT2D eigenvalue weighted by Gasteiger charge is 2.43. The minimum atomic E-state index is -0.135. The van der Waals surface area contributed by atoms with Crippen LogP contribution < -0.4 is 18.3 Å². The van der Waals surface area contributed by atoms with Crippen molar-refractivity contribution in [2.24, 2.45) is 28.2 Å². The molecule has 0 atom stereocenters. The van der Waals surface area contributed by atoms with Crippen LogP contribution in [0.3, 0.4) is 0 Å². The largest absolute Gasteiger partial charge is 0.455 e. The number of hydrogen-bond acceptors (Lipinski definition) is 8. The average Bonchev–Trinajstić information content (AvgIpc) is 1.57. The van der Waals surface area contributed by atoms with E-state index in [0.29, 0.717) is 5.71 Å². The lowest BCUT2D eigenvalue weighted by molar-refractivity contribution is -0.660. The lowest BCUT2D eigenvalue weighted by Gasteiger charge is -2.20. The van der Waals surface area contributed by atoms with E-state index in [-0.39, 0.29) is 43.9 Å². The van der Waals surface area contributed by atoms with E-state index in [1.165, 1.54) is 94.4 Å². The van der Waals surface area contributed by atoms with Gasteiger partial charge in [0.05, 0.1) is 45.0 Å². The SMILES string of the molecule is C.C.C.Cc1ccc2c(oc3cc4c(cc32)-c2cccnc2C4(C)C)c1-c1cccc[n+]1C.Cc1ccc2c(oc3cc4c(cc32)C(C)(C)c2ncccc2-4)c1-c1cccc[n+]1C.Cc1ccc2c(oc3nc4c(cc32)-c2ccccc2C4(C)C)c1-c1cccc[n+]1C.Cc1ccc2c(oc3nc4c(cc32)C(C)(C)c2ccccc2-4)c1-c1cccc[n+]1C. The molecule has 8 aromatic carbocycles. The Balaban J connectivity index is 0.000000111. The topological polar surface area (TPSA) is 120 Å². The second kappa shape index (κ2) is 29.2. The van der Waals surface area contributed by atoms with Gasteiger partial charge in [-0.1, -0.05) is 187 Å². The van der Waals surface area contributed by atoms with Crippen molar-refractivity contribution >= 4 is 88.0 Å². The Hall–Kier alpha value is -13.8. The van der Waals surface area contributed by atoms with Crippen LogP contribution in [0.4, 0.5) is 0 Å². The first-order valence-corrected chi connectivity index (χ1v) is 41.5. The van der Waals surface area contributed by atoms with Crippen molar-refractivity contribution in [1.82, 2.24) is 19.9 Å². The Morgan fingerprint density at radius 2 is 0.602 bits per heavy atom. The molecule has 0 amide bonds. The fraction of sp³-hybridized carbons (Fsp3) is 0.207. The quantitative estimate of drug-likeness (QED) is 0.160. The number of fused-ring (bicyclic) bond motifs is 24. The number of hydrogen-bond donors (Lipinski definition) is 0. The normalized spacial score (nSPS) is 13.9. The standard InChI is InChI=1S/4C27H23N2O.3CH4/c1-16-10-11-17-20-14-21-19(18-8-7-12-28-26(18)27(21,2)3)15-23(20)30-25(17)24(16)22-9-5-6-13-29(22)4;1-16-10-11-17-20-14-19-18-8-7-12-28-26(18)27(2,3)21(19)15-23(20)30-25(17)24(16)22-9-5-6-13-29(22)4;1-16-12-13-17-19-15-21-24(18-9-5-6-10-20(18)27(21,2)3)28-26(19)30-25(17)23(16)22-11-7-8-14-29(22)4;1-16-12-13-18-20-15-19-17-9-5-6-10-21(17)27(2,3)25(19)28-26(20)30-24(18)23(16)22-11-7-8-14-29(22)4;;;/h4*5-15H,1-4H3;3*1H4/q4*+1;;;. The van der Waals surface area contributed by atoms with E-state index >= 15 is 0 Å². The summed E-state index contributed by atoms with van der Waals surface area (Å²) >= 11 is 0. The van der Waals surface area contributed by atoms with Gasteiger partial charge in [0.25, 0.3) is 0 Å². The van der Waals surface area contributed by atoms with Crippen molar-refractivity contribution in [2.75, 3.05) is 0 Å². The highest BCUT2D eigenvalue weighted by molar-refractivity contribution is 6.15. The van der Waals surface area contributed by atoms with Crippen LogP contribution in [0.25, 0.3) is 178 Å². The second-order valence-electron chi connectivity index (χ2n) is 35.4. The third-order valence-corrected chi connectivity index (χ3v) is 26.6. The molecule has 123 heavy (non-hydrogen) atoms. The summed E-state index contributed by atoms with van der Waals surface area (Å²) in [6.07, 6.45) is 12.1. The number of benzene rings is 8. The van der Waals surface area contributed by atoms with E-state index in [0.717, 1.165) is 145 Å². The summed E-state index contributed by atoms with van der Waals surface area (Å²) in [6, 6.07) is 81.9. The van der Waals surface area contributed by atoms with Crippen LogP contribution in [-0.4, -0.2) is 19.9 Å². The predicted octanol–water partition coefficient (Wildman–Crippen LogP) is 26.3. The van der Waals surface area contributed by atoms with Crippen molar-refractivity contribution in [3.8, 4) is 89.7 Å². The van der Waals surface area contributed by atoms with Crippen LogP contribution in [-0.2, 0) is 49.9 Å². The molecule has 0 radical (unpaired) electrons. The zero-order valence-corrected chi connectivity index (χ0v) is 70.6. The van der Waals surface area contributed by atoms with E-state index in [1.807, 2.05) is 36.7 Å². The maximum Gasteiger partial charge on any atom is 0.227 e. The van der Waals surface area contributed by atoms with Gasteiger partial charge in [0.15, 0.2) is 36.0 Å². The number of nitrogens with zero attached hydrogens (tertiary/aromatic N) is 8. The molecular formula is C111H104N8O4+4. The van der Waals surface area contributed by atoms with Gasteiger partial charge in [0, 0.05) is 148 Å². The smallest absolute Gasteiger partial charge is 0.227 e. The molecule has 0 fully saturated rings. The Morgan fingerprint density at radius 1 is 0.260 bits per heavy atom. The summed E-state index contributed by atoms with van der Waals surface area (Å²) in [5.41, 5.74) is 40.2. The number of rotatable bonds is 4. The van der Waals surface area contributed by atoms with Crippen molar-refractivity contribution < 1.29 is 35.9 Å². The molecule has 0 unspecified atom stereocenters. The molecule has 12 heterocycles. The molecule has 0 bridgehead atoms. The van der Waals surface area contributed by atoms with Gasteiger partial charge in [-0.3, -0.25) is 9.97 Å². The first-order valence-electron chi connectivity index (χ1n) is 41.5. The molecule has 0 saturated carbocycles. The van der Waals surface area contributed by atoms with Crippen LogP contribution in [0.1, 0.15) is 145 Å². The van der Waals surface area contributed by atoms with E-state index in [9.17, 15) is 0 Å². The summed E-state index contributed by atoms with van der Waals surface area (Å²) in [5.74, 6) is 0. The summed E-state index contributed by atoms with van der Waals surface area (Å²) in [5, 5.41) is 9.06. The van der Waals surface area contributed by atoms with Gasteiger partial charge in [-0.15, -0.1) is 0 Å². The fourth-order valence-corrected chi connectivity index (χ4v) is 20.2. The highest BCUT2D eigenvalue weighted by atomic mass is 16.3. The molecule has 608 valence electrons. The number of aryl methyl sites for hydroxylation is 8. The van der Waals surface area contributed by atoms with Crippen LogP contribution in [0.2, 0.25) is 0 Å². The first-order chi connectivity index (χ1) is 57.9. The van der Waals surface area contributed by atoms with Gasteiger partial charge >= 0.3 is 0 Å². The molecule has 4 aliphatic carbocycles. The predicted molar refractivity (Wildman–Crippen MR) is 502 cm³/mol. The minimum Gasteiger partial charge on any atom is -0.455 e. The van der Waals surface area contributed by atoms with E-state index in [1.54, 1.807) is 0 Å². The summed E-state index contributed by atoms with van der Waals surface area (Å²) in [4.78, 5) is 19.5. The number of aromatic nitrogens is 8. The number of pyridine rings is 8. The van der Waals surface area contributed by atoms with Crippen molar-refractivity contribution in [3.05, 3.63) is 335 Å². The average molecular weight is 1610 g/mol. The van der Waals surface area contributed by atoms with Gasteiger partial charge in [0.1, 0.15) is 50.5 Å². The third-order valence-electron chi connectivity index (χ3n) is 26.6. The maximum atomic E-state index is 6.56. The van der Waals surface area contributed by atoms with E-state index in [2.05, 4.69) is 361 Å².